The van der Waals surface area contributed by atoms with Gasteiger partial charge in [-0.3, -0.25) is 5.01 Å². The van der Waals surface area contributed by atoms with Gasteiger partial charge in [0.25, 0.3) is 0 Å². The molecule has 1 N–H and O–H groups in total. The Kier molecular flexibility index (Phi) is 4.36. The highest BCUT2D eigenvalue weighted by Crippen LogP contribution is 2.04. The van der Waals surface area contributed by atoms with Gasteiger partial charge in [-0.2, -0.15) is 5.10 Å². The van der Waals surface area contributed by atoms with Crippen molar-refractivity contribution in [2.75, 3.05) is 26.2 Å². The van der Waals surface area contributed by atoms with Crippen molar-refractivity contribution in [3.63, 3.8) is 0 Å². The van der Waals surface area contributed by atoms with Gasteiger partial charge in [-0.15, -0.1) is 0 Å². The van der Waals surface area contributed by atoms with E-state index in [1.165, 1.54) is 5.56 Å². The lowest BCUT2D eigenvalue weighted by atomic mass is 10.2. The second-order valence-electron chi connectivity index (χ2n) is 5.56. The van der Waals surface area contributed by atoms with Crippen LogP contribution in [0.5, 0.6) is 0 Å². The minimum Gasteiger partial charge on any atom is -0.460 e. The van der Waals surface area contributed by atoms with Gasteiger partial charge in [-0.25, -0.2) is 0 Å². The molecule has 1 saturated heterocycles. The summed E-state index contributed by atoms with van der Waals surface area (Å²) in [5.41, 5.74) is 1.41. The third-order valence-corrected chi connectivity index (χ3v) is 3.85. The smallest absolute Gasteiger partial charge is 0.147 e. The van der Waals surface area contributed by atoms with E-state index >= 15 is 0 Å². The Bertz CT molecular complexity index is 583. The van der Waals surface area contributed by atoms with Gasteiger partial charge in [0, 0.05) is 5.56 Å². The van der Waals surface area contributed by atoms with Crippen LogP contribution in [0.15, 0.2) is 52.0 Å². The number of nitrogens with one attached hydrogen (secondary N) is 1. The van der Waals surface area contributed by atoms with Gasteiger partial charge in [0.1, 0.15) is 18.1 Å². The molecule has 1 aliphatic rings. The number of aryl methyl sites for hydroxylation is 1. The molecule has 4 nitrogen and oxygen atoms in total. The first-order chi connectivity index (χ1) is 10.3. The third-order valence-electron chi connectivity index (χ3n) is 3.85. The van der Waals surface area contributed by atoms with Gasteiger partial charge in [0.15, 0.2) is 0 Å². The maximum absolute atomic E-state index is 5.49. The highest BCUT2D eigenvalue weighted by atomic mass is 16.3. The van der Waals surface area contributed by atoms with E-state index in [1.54, 1.807) is 4.90 Å². The van der Waals surface area contributed by atoms with Crippen LogP contribution < -0.4 is 4.90 Å². The predicted molar refractivity (Wildman–Crippen MR) is 83.5 cm³/mol. The monoisotopic (exact) mass is 284 g/mol. The van der Waals surface area contributed by atoms with Crippen molar-refractivity contribution < 1.29 is 9.32 Å². The molecular formula is C17H22N3O+. The van der Waals surface area contributed by atoms with Crippen molar-refractivity contribution in [2.45, 2.75) is 13.5 Å². The number of hydrazone groups is 1. The molecule has 110 valence electrons. The largest absolute Gasteiger partial charge is 0.460 e. The van der Waals surface area contributed by atoms with Crippen LogP contribution in [-0.4, -0.2) is 37.4 Å². The van der Waals surface area contributed by atoms with Crippen molar-refractivity contribution in [1.29, 1.82) is 0 Å². The summed E-state index contributed by atoms with van der Waals surface area (Å²) >= 11 is 0. The summed E-state index contributed by atoms with van der Waals surface area (Å²) in [6, 6.07) is 14.6. The van der Waals surface area contributed by atoms with Crippen LogP contribution in [0.3, 0.4) is 0 Å². The van der Waals surface area contributed by atoms with E-state index in [-0.39, 0.29) is 0 Å². The van der Waals surface area contributed by atoms with E-state index in [1.807, 2.05) is 25.3 Å². The summed E-state index contributed by atoms with van der Waals surface area (Å²) < 4.78 is 5.49. The molecule has 21 heavy (non-hydrogen) atoms. The van der Waals surface area contributed by atoms with Crippen LogP contribution in [0, 0.1) is 6.92 Å². The van der Waals surface area contributed by atoms with Crippen molar-refractivity contribution >= 4 is 6.21 Å². The Morgan fingerprint density at radius 3 is 2.57 bits per heavy atom. The molecule has 0 atom stereocenters. The highest BCUT2D eigenvalue weighted by Gasteiger charge is 2.18. The lowest BCUT2D eigenvalue weighted by Gasteiger charge is -2.30. The molecule has 0 bridgehead atoms. The maximum Gasteiger partial charge on any atom is 0.147 e. The number of benzene rings is 1. The molecule has 3 rings (SSSR count). The molecule has 1 aromatic heterocycles. The molecule has 0 unspecified atom stereocenters. The SMILES string of the molecule is Cc1ccc(/C=N\N2CC[NH+](Cc3ccccc3)CC2)o1. The number of rotatable bonds is 4. The summed E-state index contributed by atoms with van der Waals surface area (Å²) in [5.74, 6) is 1.75. The molecular weight excluding hydrogens is 262 g/mol. The van der Waals surface area contributed by atoms with Crippen molar-refractivity contribution in [3.8, 4) is 0 Å². The molecule has 1 fully saturated rings. The van der Waals surface area contributed by atoms with E-state index in [0.29, 0.717) is 0 Å². The first kappa shape index (κ1) is 13.9. The Morgan fingerprint density at radius 2 is 1.90 bits per heavy atom. The Hall–Kier alpha value is -2.07. The van der Waals surface area contributed by atoms with Crippen LogP contribution in [0.1, 0.15) is 17.1 Å². The average Bonchev–Trinajstić information content (AvgIpc) is 2.93. The first-order valence-corrected chi connectivity index (χ1v) is 7.52. The van der Waals surface area contributed by atoms with Gasteiger partial charge in [0.05, 0.1) is 32.4 Å². The molecule has 0 radical (unpaired) electrons. The molecule has 0 saturated carbocycles. The molecule has 4 heteroatoms. The van der Waals surface area contributed by atoms with E-state index in [2.05, 4.69) is 40.4 Å². The van der Waals surface area contributed by atoms with Crippen molar-refractivity contribution in [2.24, 2.45) is 5.10 Å². The van der Waals surface area contributed by atoms with Gasteiger partial charge < -0.3 is 9.32 Å². The van der Waals surface area contributed by atoms with Gasteiger partial charge in [-0.05, 0) is 19.1 Å². The van der Waals surface area contributed by atoms with Crippen LogP contribution in [0.25, 0.3) is 0 Å². The number of furan rings is 1. The first-order valence-electron chi connectivity index (χ1n) is 7.52. The molecule has 0 spiro atoms. The highest BCUT2D eigenvalue weighted by molar-refractivity contribution is 5.75. The number of nitrogens with zero attached hydrogens (tertiary/aromatic N) is 2. The van der Waals surface area contributed by atoms with Crippen LogP contribution >= 0.6 is 0 Å². The topological polar surface area (TPSA) is 33.2 Å². The zero-order valence-electron chi connectivity index (χ0n) is 12.5. The Morgan fingerprint density at radius 1 is 1.14 bits per heavy atom. The average molecular weight is 284 g/mol. The Balaban J connectivity index is 1.48. The molecule has 0 aliphatic carbocycles. The lowest BCUT2D eigenvalue weighted by Crippen LogP contribution is -3.13. The Labute approximate surface area is 125 Å². The van der Waals surface area contributed by atoms with Crippen LogP contribution in [0.4, 0.5) is 0 Å². The quantitative estimate of drug-likeness (QED) is 0.859. The zero-order chi connectivity index (χ0) is 14.5. The number of hydrogen-bond acceptors (Lipinski definition) is 3. The fourth-order valence-electron chi connectivity index (χ4n) is 2.65. The maximum atomic E-state index is 5.49. The van der Waals surface area contributed by atoms with Gasteiger partial charge in [-0.1, -0.05) is 30.3 Å². The van der Waals surface area contributed by atoms with Crippen LogP contribution in [-0.2, 0) is 6.54 Å². The molecule has 2 aromatic rings. The summed E-state index contributed by atoms with van der Waals surface area (Å²) in [6.07, 6.45) is 1.81. The van der Waals surface area contributed by atoms with E-state index in [4.69, 9.17) is 4.42 Å². The second-order valence-corrected chi connectivity index (χ2v) is 5.56. The van der Waals surface area contributed by atoms with Gasteiger partial charge >= 0.3 is 0 Å². The summed E-state index contributed by atoms with van der Waals surface area (Å²) in [5, 5.41) is 6.64. The fourth-order valence-corrected chi connectivity index (χ4v) is 2.65. The predicted octanol–water partition coefficient (Wildman–Crippen LogP) is 1.32. The number of quaternary nitrogens is 1. The molecule has 1 aromatic carbocycles. The molecule has 0 amide bonds. The summed E-state index contributed by atoms with van der Waals surface area (Å²) in [6.45, 7) is 7.31. The summed E-state index contributed by atoms with van der Waals surface area (Å²) in [4.78, 5) is 1.63. The van der Waals surface area contributed by atoms with E-state index in [0.717, 1.165) is 44.2 Å². The summed E-state index contributed by atoms with van der Waals surface area (Å²) in [7, 11) is 0. The zero-order valence-corrected chi connectivity index (χ0v) is 12.5. The minimum atomic E-state index is 0.826. The number of hydrogen-bond donors (Lipinski definition) is 1. The van der Waals surface area contributed by atoms with Crippen LogP contribution in [0.2, 0.25) is 0 Å². The fraction of sp³-hybridized carbons (Fsp3) is 0.353. The normalized spacial score (nSPS) is 16.7. The van der Waals surface area contributed by atoms with Gasteiger partial charge in [0.2, 0.25) is 0 Å². The third kappa shape index (κ3) is 3.95. The lowest BCUT2D eigenvalue weighted by molar-refractivity contribution is -0.918. The number of piperazine rings is 1. The van der Waals surface area contributed by atoms with Crippen molar-refractivity contribution in [3.05, 3.63) is 59.5 Å². The van der Waals surface area contributed by atoms with E-state index < -0.39 is 0 Å². The van der Waals surface area contributed by atoms with Crippen molar-refractivity contribution in [1.82, 2.24) is 5.01 Å². The molecule has 1 aliphatic heterocycles. The molecule has 2 heterocycles. The van der Waals surface area contributed by atoms with E-state index in [9.17, 15) is 0 Å². The standard InChI is InChI=1S/C17H21N3O/c1-15-7-8-17(21-15)13-18-20-11-9-19(10-12-20)14-16-5-3-2-4-6-16/h2-8,13H,9-12,14H2,1H3/p+1/b18-13-. The minimum absolute atomic E-state index is 0.826. The second kappa shape index (κ2) is 6.59.